The Kier molecular flexibility index (Phi) is 2.69. The van der Waals surface area contributed by atoms with Crippen molar-refractivity contribution in [2.45, 2.75) is 19.6 Å². The van der Waals surface area contributed by atoms with Crippen LogP contribution in [0.4, 0.5) is 13.2 Å². The smallest absolute Gasteiger partial charge is 0.309 e. The van der Waals surface area contributed by atoms with E-state index in [0.717, 1.165) is 12.1 Å². The zero-order valence-corrected chi connectivity index (χ0v) is 9.08. The lowest BCUT2D eigenvalue weighted by Crippen LogP contribution is -2.18. The van der Waals surface area contributed by atoms with Gasteiger partial charge < -0.3 is 4.57 Å². The summed E-state index contributed by atoms with van der Waals surface area (Å²) < 4.78 is 39.0. The van der Waals surface area contributed by atoms with Crippen molar-refractivity contribution in [1.82, 2.24) is 4.57 Å². The van der Waals surface area contributed by atoms with Crippen LogP contribution in [0.1, 0.15) is 12.5 Å². The summed E-state index contributed by atoms with van der Waals surface area (Å²) in [5.41, 5.74) is -0.390. The van der Waals surface area contributed by atoms with Crippen LogP contribution in [-0.4, -0.2) is 4.57 Å². The third-order valence-corrected chi connectivity index (χ3v) is 2.63. The summed E-state index contributed by atoms with van der Waals surface area (Å²) in [5, 5.41) is 0.418. The fraction of sp³-hybridized carbons (Fsp3) is 0.250. The number of pyridine rings is 1. The molecule has 2 aromatic rings. The number of nitrogens with zero attached hydrogens (tertiary/aromatic N) is 1. The molecule has 0 saturated carbocycles. The Labute approximate surface area is 95.3 Å². The summed E-state index contributed by atoms with van der Waals surface area (Å²) in [6, 6.07) is 6.09. The van der Waals surface area contributed by atoms with E-state index in [1.165, 1.54) is 22.8 Å². The molecule has 17 heavy (non-hydrogen) atoms. The van der Waals surface area contributed by atoms with Gasteiger partial charge in [-0.2, -0.15) is 13.2 Å². The minimum Gasteiger partial charge on any atom is -0.309 e. The normalized spacial score (nSPS) is 12.0. The molecule has 0 aliphatic heterocycles. The summed E-state index contributed by atoms with van der Waals surface area (Å²) in [7, 11) is 0. The predicted octanol–water partition coefficient (Wildman–Crippen LogP) is 3.04. The molecule has 2 rings (SSSR count). The van der Waals surface area contributed by atoms with Gasteiger partial charge in [0.2, 0.25) is 0 Å². The monoisotopic (exact) mass is 241 g/mol. The van der Waals surface area contributed by atoms with E-state index in [2.05, 4.69) is 0 Å². The number of aromatic nitrogens is 1. The Hall–Kier alpha value is -1.78. The molecule has 0 aliphatic carbocycles. The molecule has 90 valence electrons. The molecule has 0 radical (unpaired) electrons. The van der Waals surface area contributed by atoms with Crippen molar-refractivity contribution in [2.75, 3.05) is 0 Å². The van der Waals surface area contributed by atoms with Crippen molar-refractivity contribution >= 4 is 10.9 Å². The molecule has 0 N–H and O–H groups in total. The Morgan fingerprint density at radius 3 is 2.47 bits per heavy atom. The zero-order chi connectivity index (χ0) is 12.6. The summed E-state index contributed by atoms with van der Waals surface area (Å²) in [6.07, 6.45) is -4.36. The lowest BCUT2D eigenvalue weighted by molar-refractivity contribution is -0.137. The molecular weight excluding hydrogens is 231 g/mol. The van der Waals surface area contributed by atoms with E-state index < -0.39 is 11.7 Å². The van der Waals surface area contributed by atoms with Crippen LogP contribution in [0.3, 0.4) is 0 Å². The van der Waals surface area contributed by atoms with Gasteiger partial charge in [0.05, 0.1) is 11.1 Å². The maximum Gasteiger partial charge on any atom is 0.416 e. The molecule has 0 atom stereocenters. The SMILES string of the molecule is CCn1c(=O)ccc2cc(C(F)(F)F)ccc21. The van der Waals surface area contributed by atoms with Gasteiger partial charge in [0.25, 0.3) is 5.56 Å². The lowest BCUT2D eigenvalue weighted by Gasteiger charge is -2.10. The van der Waals surface area contributed by atoms with Crippen molar-refractivity contribution in [3.63, 3.8) is 0 Å². The molecule has 0 fully saturated rings. The molecule has 1 aromatic carbocycles. The first kappa shape index (κ1) is 11.7. The second-order valence-corrected chi connectivity index (χ2v) is 3.69. The number of fused-ring (bicyclic) bond motifs is 1. The van der Waals surface area contributed by atoms with Crippen LogP contribution in [-0.2, 0) is 12.7 Å². The Bertz CT molecular complexity index is 613. The Morgan fingerprint density at radius 2 is 1.88 bits per heavy atom. The van der Waals surface area contributed by atoms with Crippen molar-refractivity contribution < 1.29 is 13.2 Å². The van der Waals surface area contributed by atoms with E-state index in [1.54, 1.807) is 6.92 Å². The van der Waals surface area contributed by atoms with Gasteiger partial charge in [-0.05, 0) is 36.6 Å². The van der Waals surface area contributed by atoms with E-state index in [-0.39, 0.29) is 5.56 Å². The molecule has 0 unspecified atom stereocenters. The molecule has 1 aromatic heterocycles. The first-order valence-corrected chi connectivity index (χ1v) is 5.14. The summed E-state index contributed by atoms with van der Waals surface area (Å²) in [6.45, 7) is 2.21. The van der Waals surface area contributed by atoms with Gasteiger partial charge in [0.15, 0.2) is 0 Å². The molecule has 5 heteroatoms. The molecule has 0 bridgehead atoms. The van der Waals surface area contributed by atoms with Gasteiger partial charge in [0.1, 0.15) is 0 Å². The Morgan fingerprint density at radius 1 is 1.18 bits per heavy atom. The van der Waals surface area contributed by atoms with Crippen LogP contribution < -0.4 is 5.56 Å². The van der Waals surface area contributed by atoms with Gasteiger partial charge >= 0.3 is 6.18 Å². The van der Waals surface area contributed by atoms with Crippen molar-refractivity contribution in [1.29, 1.82) is 0 Å². The first-order valence-electron chi connectivity index (χ1n) is 5.14. The second-order valence-electron chi connectivity index (χ2n) is 3.69. The average molecular weight is 241 g/mol. The highest BCUT2D eigenvalue weighted by Crippen LogP contribution is 2.30. The van der Waals surface area contributed by atoms with Crippen LogP contribution >= 0.6 is 0 Å². The van der Waals surface area contributed by atoms with E-state index in [0.29, 0.717) is 17.4 Å². The van der Waals surface area contributed by atoms with Gasteiger partial charge in [-0.25, -0.2) is 0 Å². The maximum absolute atomic E-state index is 12.5. The van der Waals surface area contributed by atoms with Gasteiger partial charge in [-0.1, -0.05) is 0 Å². The summed E-state index contributed by atoms with van der Waals surface area (Å²) >= 11 is 0. The minimum absolute atomic E-state index is 0.209. The minimum atomic E-state index is -4.36. The fourth-order valence-electron chi connectivity index (χ4n) is 1.81. The molecule has 0 amide bonds. The highest BCUT2D eigenvalue weighted by atomic mass is 19.4. The summed E-state index contributed by atoms with van der Waals surface area (Å²) in [5.74, 6) is 0. The largest absolute Gasteiger partial charge is 0.416 e. The Balaban J connectivity index is 2.74. The van der Waals surface area contributed by atoms with E-state index in [1.807, 2.05) is 0 Å². The number of hydrogen-bond donors (Lipinski definition) is 0. The third-order valence-electron chi connectivity index (χ3n) is 2.63. The van der Waals surface area contributed by atoms with Gasteiger partial charge in [-0.3, -0.25) is 4.79 Å². The first-order chi connectivity index (χ1) is 7.93. The predicted molar refractivity (Wildman–Crippen MR) is 58.9 cm³/mol. The standard InChI is InChI=1S/C12H10F3NO/c1-2-16-10-5-4-9(12(13,14)15)7-8(10)3-6-11(16)17/h3-7H,2H2,1H3. The number of rotatable bonds is 1. The zero-order valence-electron chi connectivity index (χ0n) is 9.08. The number of hydrogen-bond acceptors (Lipinski definition) is 1. The third kappa shape index (κ3) is 2.05. The van der Waals surface area contributed by atoms with E-state index in [4.69, 9.17) is 0 Å². The number of benzene rings is 1. The number of aryl methyl sites for hydroxylation is 1. The molecule has 2 nitrogen and oxygen atoms in total. The second kappa shape index (κ2) is 3.91. The van der Waals surface area contributed by atoms with Crippen molar-refractivity contribution in [3.8, 4) is 0 Å². The number of halogens is 3. The topological polar surface area (TPSA) is 22.0 Å². The van der Waals surface area contributed by atoms with Crippen LogP contribution in [0.2, 0.25) is 0 Å². The quantitative estimate of drug-likeness (QED) is 0.752. The molecule has 0 spiro atoms. The van der Waals surface area contributed by atoms with Gasteiger partial charge in [-0.15, -0.1) is 0 Å². The molecule has 0 aliphatic rings. The summed E-state index contributed by atoms with van der Waals surface area (Å²) in [4.78, 5) is 11.5. The molecular formula is C12H10F3NO. The van der Waals surface area contributed by atoms with Crippen LogP contribution in [0, 0.1) is 0 Å². The lowest BCUT2D eigenvalue weighted by atomic mass is 10.1. The number of alkyl halides is 3. The highest BCUT2D eigenvalue weighted by Gasteiger charge is 2.30. The van der Waals surface area contributed by atoms with Gasteiger partial charge in [0, 0.05) is 12.6 Å². The van der Waals surface area contributed by atoms with Crippen molar-refractivity contribution in [3.05, 3.63) is 46.2 Å². The van der Waals surface area contributed by atoms with Crippen LogP contribution in [0.25, 0.3) is 10.9 Å². The van der Waals surface area contributed by atoms with Crippen LogP contribution in [0.15, 0.2) is 35.1 Å². The maximum atomic E-state index is 12.5. The molecule has 1 heterocycles. The highest BCUT2D eigenvalue weighted by molar-refractivity contribution is 5.79. The average Bonchev–Trinajstić information content (AvgIpc) is 2.27. The molecule has 0 saturated heterocycles. The van der Waals surface area contributed by atoms with E-state index >= 15 is 0 Å². The van der Waals surface area contributed by atoms with E-state index in [9.17, 15) is 18.0 Å². The fourth-order valence-corrected chi connectivity index (χ4v) is 1.81. The van der Waals surface area contributed by atoms with Crippen LogP contribution in [0.5, 0.6) is 0 Å². The van der Waals surface area contributed by atoms with Crippen molar-refractivity contribution in [2.24, 2.45) is 0 Å².